The lowest BCUT2D eigenvalue weighted by Crippen LogP contribution is -2.46. The van der Waals surface area contributed by atoms with Gasteiger partial charge in [0.1, 0.15) is 5.01 Å². The number of carbonyl (C=O) groups excluding carboxylic acids is 2. The maximum atomic E-state index is 12.8. The van der Waals surface area contributed by atoms with Gasteiger partial charge in [-0.15, -0.1) is 11.3 Å². The summed E-state index contributed by atoms with van der Waals surface area (Å²) in [7, 11) is 1.85. The predicted molar refractivity (Wildman–Crippen MR) is 105 cm³/mol. The van der Waals surface area contributed by atoms with E-state index in [9.17, 15) is 9.59 Å². The van der Waals surface area contributed by atoms with Gasteiger partial charge in [-0.05, 0) is 25.0 Å². The summed E-state index contributed by atoms with van der Waals surface area (Å²) in [6.07, 6.45) is 1.48. The Kier molecular flexibility index (Phi) is 5.32. The number of benzene rings is 1. The SMILES string of the molecule is CN(Cc1nc2ccccc2s1)C(=O)C1CCN(C(=O)C(C)(C)C)CC1. The van der Waals surface area contributed by atoms with Gasteiger partial charge in [-0.25, -0.2) is 4.98 Å². The molecule has 26 heavy (non-hydrogen) atoms. The van der Waals surface area contributed by atoms with Gasteiger partial charge < -0.3 is 9.80 Å². The van der Waals surface area contributed by atoms with Gasteiger partial charge in [0.05, 0.1) is 16.8 Å². The van der Waals surface area contributed by atoms with E-state index >= 15 is 0 Å². The maximum absolute atomic E-state index is 12.8. The summed E-state index contributed by atoms with van der Waals surface area (Å²) in [5, 5.41) is 0.961. The normalized spacial score (nSPS) is 16.1. The molecule has 0 saturated carbocycles. The molecule has 2 heterocycles. The van der Waals surface area contributed by atoms with Gasteiger partial charge in [-0.2, -0.15) is 0 Å². The third-order valence-corrected chi connectivity index (χ3v) is 5.88. The number of hydrogen-bond donors (Lipinski definition) is 0. The summed E-state index contributed by atoms with van der Waals surface area (Å²) in [5.41, 5.74) is 0.628. The molecular formula is C20H27N3O2S. The highest BCUT2D eigenvalue weighted by Gasteiger charge is 2.33. The lowest BCUT2D eigenvalue weighted by Gasteiger charge is -2.36. The molecule has 1 saturated heterocycles. The van der Waals surface area contributed by atoms with Crippen molar-refractivity contribution in [2.24, 2.45) is 11.3 Å². The van der Waals surface area contributed by atoms with Crippen molar-refractivity contribution in [1.29, 1.82) is 0 Å². The molecule has 0 unspecified atom stereocenters. The first-order valence-electron chi connectivity index (χ1n) is 9.14. The minimum atomic E-state index is -0.361. The summed E-state index contributed by atoms with van der Waals surface area (Å²) in [6, 6.07) is 8.04. The average Bonchev–Trinajstić information content (AvgIpc) is 3.02. The van der Waals surface area contributed by atoms with Gasteiger partial charge in [0.25, 0.3) is 0 Å². The second-order valence-corrected chi connectivity index (χ2v) is 9.20. The van der Waals surface area contributed by atoms with Crippen LogP contribution in [0, 0.1) is 11.3 Å². The number of thiazole rings is 1. The number of aromatic nitrogens is 1. The van der Waals surface area contributed by atoms with E-state index in [1.165, 1.54) is 0 Å². The highest BCUT2D eigenvalue weighted by molar-refractivity contribution is 7.18. The second kappa shape index (κ2) is 7.35. The first-order valence-corrected chi connectivity index (χ1v) is 9.96. The van der Waals surface area contributed by atoms with Gasteiger partial charge in [-0.1, -0.05) is 32.9 Å². The van der Waals surface area contributed by atoms with E-state index in [2.05, 4.69) is 11.1 Å². The largest absolute Gasteiger partial charge is 0.342 e. The first-order chi connectivity index (χ1) is 12.3. The van der Waals surface area contributed by atoms with Gasteiger partial charge >= 0.3 is 0 Å². The zero-order valence-electron chi connectivity index (χ0n) is 16.0. The predicted octanol–water partition coefficient (Wildman–Crippen LogP) is 3.54. The second-order valence-electron chi connectivity index (χ2n) is 8.09. The fraction of sp³-hybridized carbons (Fsp3) is 0.550. The maximum Gasteiger partial charge on any atom is 0.227 e. The van der Waals surface area contributed by atoms with Gasteiger partial charge in [0.2, 0.25) is 11.8 Å². The van der Waals surface area contributed by atoms with Crippen LogP contribution in [0.1, 0.15) is 38.6 Å². The monoisotopic (exact) mass is 373 g/mol. The standard InChI is InChI=1S/C20H27N3O2S/c1-20(2,3)19(25)23-11-9-14(10-12-23)18(24)22(4)13-17-21-15-7-5-6-8-16(15)26-17/h5-8,14H,9-13H2,1-4H3. The van der Waals surface area contributed by atoms with E-state index in [1.807, 2.05) is 50.9 Å². The Hall–Kier alpha value is -1.95. The van der Waals surface area contributed by atoms with Crippen molar-refractivity contribution in [3.05, 3.63) is 29.3 Å². The molecule has 2 amide bonds. The van der Waals surface area contributed by atoms with Crippen LogP contribution in [0.25, 0.3) is 10.2 Å². The molecule has 1 aromatic carbocycles. The van der Waals surface area contributed by atoms with Crippen LogP contribution in [0.5, 0.6) is 0 Å². The molecule has 0 radical (unpaired) electrons. The molecule has 1 aromatic heterocycles. The minimum Gasteiger partial charge on any atom is -0.342 e. The van der Waals surface area contributed by atoms with Gasteiger partial charge in [0, 0.05) is 31.5 Å². The van der Waals surface area contributed by atoms with Crippen molar-refractivity contribution in [1.82, 2.24) is 14.8 Å². The molecule has 6 heteroatoms. The van der Waals surface area contributed by atoms with Gasteiger partial charge in [0.15, 0.2) is 0 Å². The quantitative estimate of drug-likeness (QED) is 0.827. The van der Waals surface area contributed by atoms with Crippen LogP contribution in [-0.4, -0.2) is 46.7 Å². The van der Waals surface area contributed by atoms with E-state index in [0.717, 1.165) is 28.1 Å². The molecule has 3 rings (SSSR count). The lowest BCUT2D eigenvalue weighted by atomic mass is 9.90. The van der Waals surface area contributed by atoms with Crippen molar-refractivity contribution in [2.75, 3.05) is 20.1 Å². The lowest BCUT2D eigenvalue weighted by molar-refractivity contribution is -0.144. The number of para-hydroxylation sites is 1. The zero-order chi connectivity index (χ0) is 18.9. The van der Waals surface area contributed by atoms with E-state index < -0.39 is 0 Å². The molecule has 0 bridgehead atoms. The molecule has 140 valence electrons. The van der Waals surface area contributed by atoms with Crippen molar-refractivity contribution in [3.8, 4) is 0 Å². The molecule has 2 aromatic rings. The van der Waals surface area contributed by atoms with Crippen molar-refractivity contribution in [2.45, 2.75) is 40.2 Å². The summed E-state index contributed by atoms with van der Waals surface area (Å²) >= 11 is 1.64. The number of rotatable bonds is 3. The fourth-order valence-electron chi connectivity index (χ4n) is 3.38. The number of piperidine rings is 1. The van der Waals surface area contributed by atoms with Crippen LogP contribution in [-0.2, 0) is 16.1 Å². The zero-order valence-corrected chi connectivity index (χ0v) is 16.8. The van der Waals surface area contributed by atoms with Crippen molar-refractivity contribution < 1.29 is 9.59 Å². The van der Waals surface area contributed by atoms with Crippen molar-refractivity contribution >= 4 is 33.4 Å². The number of hydrogen-bond acceptors (Lipinski definition) is 4. The third-order valence-electron chi connectivity index (χ3n) is 4.86. The smallest absolute Gasteiger partial charge is 0.227 e. The van der Waals surface area contributed by atoms with Crippen LogP contribution < -0.4 is 0 Å². The summed E-state index contributed by atoms with van der Waals surface area (Å²) < 4.78 is 1.15. The number of carbonyl (C=O) groups is 2. The number of fused-ring (bicyclic) bond motifs is 1. The highest BCUT2D eigenvalue weighted by atomic mass is 32.1. The van der Waals surface area contributed by atoms with Crippen LogP contribution in [0.3, 0.4) is 0 Å². The Labute approximate surface area is 159 Å². The summed E-state index contributed by atoms with van der Waals surface area (Å²) in [6.45, 7) is 7.71. The molecule has 5 nitrogen and oxygen atoms in total. The molecule has 1 fully saturated rings. The van der Waals surface area contributed by atoms with Crippen LogP contribution in [0.2, 0.25) is 0 Å². The summed E-state index contributed by atoms with van der Waals surface area (Å²) in [4.78, 5) is 33.5. The molecule has 0 aliphatic carbocycles. The van der Waals surface area contributed by atoms with Gasteiger partial charge in [-0.3, -0.25) is 9.59 Å². The first kappa shape index (κ1) is 18.8. The molecule has 1 aliphatic heterocycles. The van der Waals surface area contributed by atoms with Crippen LogP contribution in [0.15, 0.2) is 24.3 Å². The third kappa shape index (κ3) is 4.06. The minimum absolute atomic E-state index is 0.00148. The Morgan fingerprint density at radius 2 is 1.88 bits per heavy atom. The average molecular weight is 374 g/mol. The van der Waals surface area contributed by atoms with Crippen LogP contribution >= 0.6 is 11.3 Å². The molecule has 1 aliphatic rings. The molecule has 0 atom stereocenters. The topological polar surface area (TPSA) is 53.5 Å². The molecule has 0 N–H and O–H groups in total. The fourth-order valence-corrected chi connectivity index (χ4v) is 4.40. The van der Waals surface area contributed by atoms with E-state index in [4.69, 9.17) is 0 Å². The molecule has 0 spiro atoms. The van der Waals surface area contributed by atoms with Crippen molar-refractivity contribution in [3.63, 3.8) is 0 Å². The van der Waals surface area contributed by atoms with E-state index in [0.29, 0.717) is 19.6 Å². The van der Waals surface area contributed by atoms with E-state index in [-0.39, 0.29) is 23.1 Å². The van der Waals surface area contributed by atoms with Crippen LogP contribution in [0.4, 0.5) is 0 Å². The Bertz CT molecular complexity index is 768. The summed E-state index contributed by atoms with van der Waals surface area (Å²) in [5.74, 6) is 0.330. The Balaban J connectivity index is 1.57. The Morgan fingerprint density at radius 3 is 2.50 bits per heavy atom. The number of likely N-dealkylation sites (tertiary alicyclic amines) is 1. The number of amides is 2. The Morgan fingerprint density at radius 1 is 1.23 bits per heavy atom. The molecular weight excluding hydrogens is 346 g/mol. The highest BCUT2D eigenvalue weighted by Crippen LogP contribution is 2.26. The van der Waals surface area contributed by atoms with E-state index in [1.54, 1.807) is 16.2 Å². The number of nitrogens with zero attached hydrogens (tertiary/aromatic N) is 3.